The number of rotatable bonds is 5. The van der Waals surface area contributed by atoms with Gasteiger partial charge in [-0.25, -0.2) is 4.98 Å². The van der Waals surface area contributed by atoms with Gasteiger partial charge in [0.15, 0.2) is 0 Å². The lowest BCUT2D eigenvalue weighted by molar-refractivity contribution is 0.684. The molecule has 0 aliphatic heterocycles. The first kappa shape index (κ1) is 14.8. The lowest BCUT2D eigenvalue weighted by atomic mass is 10.2. The monoisotopic (exact) mass is 281 g/mol. The van der Waals surface area contributed by atoms with Gasteiger partial charge in [0.25, 0.3) is 0 Å². The SMILES string of the molecule is Cc1cc(Nc2ccc(C#N)cc2)nc(NCC(C)C)n1. The maximum Gasteiger partial charge on any atom is 0.224 e. The lowest BCUT2D eigenvalue weighted by Crippen LogP contribution is -2.11. The van der Waals surface area contributed by atoms with E-state index in [1.165, 1.54) is 0 Å². The summed E-state index contributed by atoms with van der Waals surface area (Å²) in [4.78, 5) is 8.81. The second kappa shape index (κ2) is 6.71. The largest absolute Gasteiger partial charge is 0.354 e. The summed E-state index contributed by atoms with van der Waals surface area (Å²) < 4.78 is 0. The van der Waals surface area contributed by atoms with Gasteiger partial charge in [-0.15, -0.1) is 0 Å². The molecular weight excluding hydrogens is 262 g/mol. The maximum atomic E-state index is 8.80. The average Bonchev–Trinajstić information content (AvgIpc) is 2.45. The number of nitriles is 1. The molecule has 21 heavy (non-hydrogen) atoms. The van der Waals surface area contributed by atoms with Crippen molar-refractivity contribution in [2.75, 3.05) is 17.2 Å². The highest BCUT2D eigenvalue weighted by Gasteiger charge is 2.03. The summed E-state index contributed by atoms with van der Waals surface area (Å²) in [6.45, 7) is 7.05. The minimum atomic E-state index is 0.532. The van der Waals surface area contributed by atoms with Crippen LogP contribution < -0.4 is 10.6 Å². The number of nitrogens with zero attached hydrogens (tertiary/aromatic N) is 3. The molecule has 0 amide bonds. The topological polar surface area (TPSA) is 73.6 Å². The molecule has 0 saturated carbocycles. The molecule has 1 heterocycles. The van der Waals surface area contributed by atoms with Crippen LogP contribution in [0.2, 0.25) is 0 Å². The molecule has 2 N–H and O–H groups in total. The summed E-state index contributed by atoms with van der Waals surface area (Å²) in [6.07, 6.45) is 0. The number of aryl methyl sites for hydroxylation is 1. The number of hydrogen-bond acceptors (Lipinski definition) is 5. The second-order valence-corrected chi connectivity index (χ2v) is 5.31. The quantitative estimate of drug-likeness (QED) is 0.877. The zero-order valence-corrected chi connectivity index (χ0v) is 12.5. The highest BCUT2D eigenvalue weighted by atomic mass is 15.1. The summed E-state index contributed by atoms with van der Waals surface area (Å²) >= 11 is 0. The lowest BCUT2D eigenvalue weighted by Gasteiger charge is -2.11. The van der Waals surface area contributed by atoms with Gasteiger partial charge in [0.2, 0.25) is 5.95 Å². The third-order valence-corrected chi connectivity index (χ3v) is 2.81. The number of hydrogen-bond donors (Lipinski definition) is 2. The van der Waals surface area contributed by atoms with Crippen molar-refractivity contribution >= 4 is 17.5 Å². The first-order chi connectivity index (χ1) is 10.1. The van der Waals surface area contributed by atoms with E-state index in [2.05, 4.69) is 40.5 Å². The third-order valence-electron chi connectivity index (χ3n) is 2.81. The minimum Gasteiger partial charge on any atom is -0.354 e. The Bertz CT molecular complexity index is 641. The first-order valence-electron chi connectivity index (χ1n) is 6.93. The molecule has 0 fully saturated rings. The van der Waals surface area contributed by atoms with E-state index in [0.717, 1.165) is 23.7 Å². The standard InChI is InChI=1S/C16H19N5/c1-11(2)10-18-16-19-12(3)8-15(21-16)20-14-6-4-13(9-17)5-7-14/h4-8,11H,10H2,1-3H3,(H2,18,19,20,21). The molecule has 5 nitrogen and oxygen atoms in total. The molecule has 0 radical (unpaired) electrons. The molecule has 0 saturated heterocycles. The average molecular weight is 281 g/mol. The number of anilines is 3. The highest BCUT2D eigenvalue weighted by Crippen LogP contribution is 2.17. The smallest absolute Gasteiger partial charge is 0.224 e. The van der Waals surface area contributed by atoms with Crippen molar-refractivity contribution in [2.24, 2.45) is 5.92 Å². The minimum absolute atomic E-state index is 0.532. The van der Waals surface area contributed by atoms with Crippen LogP contribution in [-0.2, 0) is 0 Å². The van der Waals surface area contributed by atoms with Gasteiger partial charge >= 0.3 is 0 Å². The van der Waals surface area contributed by atoms with Gasteiger partial charge in [-0.05, 0) is 37.1 Å². The zero-order valence-electron chi connectivity index (χ0n) is 12.5. The van der Waals surface area contributed by atoms with Crippen molar-refractivity contribution in [2.45, 2.75) is 20.8 Å². The van der Waals surface area contributed by atoms with Crippen LogP contribution in [0.15, 0.2) is 30.3 Å². The van der Waals surface area contributed by atoms with Gasteiger partial charge in [0.1, 0.15) is 5.82 Å². The fraction of sp³-hybridized carbons (Fsp3) is 0.312. The van der Waals surface area contributed by atoms with Crippen LogP contribution in [0.5, 0.6) is 0 Å². The molecule has 2 rings (SSSR count). The molecule has 5 heteroatoms. The van der Waals surface area contributed by atoms with Crippen molar-refractivity contribution in [3.63, 3.8) is 0 Å². The molecule has 0 aliphatic rings. The molecular formula is C16H19N5. The molecule has 0 bridgehead atoms. The molecule has 1 aromatic carbocycles. The fourth-order valence-corrected chi connectivity index (χ4v) is 1.78. The van der Waals surface area contributed by atoms with Gasteiger partial charge in [-0.2, -0.15) is 10.2 Å². The Morgan fingerprint density at radius 1 is 1.19 bits per heavy atom. The molecule has 0 aliphatic carbocycles. The van der Waals surface area contributed by atoms with Crippen LogP contribution in [0.25, 0.3) is 0 Å². The van der Waals surface area contributed by atoms with E-state index in [9.17, 15) is 0 Å². The van der Waals surface area contributed by atoms with Crippen LogP contribution in [-0.4, -0.2) is 16.5 Å². The molecule has 0 unspecified atom stereocenters. The molecule has 108 valence electrons. The Morgan fingerprint density at radius 2 is 1.90 bits per heavy atom. The van der Waals surface area contributed by atoms with E-state index in [0.29, 0.717) is 17.4 Å². The van der Waals surface area contributed by atoms with Gasteiger partial charge in [-0.1, -0.05) is 13.8 Å². The van der Waals surface area contributed by atoms with Crippen molar-refractivity contribution in [1.29, 1.82) is 5.26 Å². The van der Waals surface area contributed by atoms with E-state index in [1.807, 2.05) is 25.1 Å². The van der Waals surface area contributed by atoms with Gasteiger partial charge in [0.05, 0.1) is 11.6 Å². The molecule has 2 aromatic rings. The van der Waals surface area contributed by atoms with Gasteiger partial charge in [0, 0.05) is 24.0 Å². The van der Waals surface area contributed by atoms with Gasteiger partial charge in [-0.3, -0.25) is 0 Å². The second-order valence-electron chi connectivity index (χ2n) is 5.31. The van der Waals surface area contributed by atoms with Crippen LogP contribution >= 0.6 is 0 Å². The van der Waals surface area contributed by atoms with Crippen molar-refractivity contribution < 1.29 is 0 Å². The fourth-order valence-electron chi connectivity index (χ4n) is 1.78. The molecule has 1 aromatic heterocycles. The third kappa shape index (κ3) is 4.46. The Labute approximate surface area is 125 Å². The van der Waals surface area contributed by atoms with E-state index in [-0.39, 0.29) is 0 Å². The molecule has 0 spiro atoms. The van der Waals surface area contributed by atoms with E-state index < -0.39 is 0 Å². The van der Waals surface area contributed by atoms with Crippen LogP contribution in [0, 0.1) is 24.2 Å². The normalized spacial score (nSPS) is 10.2. The van der Waals surface area contributed by atoms with Crippen molar-refractivity contribution in [3.8, 4) is 6.07 Å². The Balaban J connectivity index is 2.13. The summed E-state index contributed by atoms with van der Waals surface area (Å²) in [7, 11) is 0. The summed E-state index contributed by atoms with van der Waals surface area (Å²) in [5, 5.41) is 15.2. The first-order valence-corrected chi connectivity index (χ1v) is 6.93. The zero-order chi connectivity index (χ0) is 15.2. The highest BCUT2D eigenvalue weighted by molar-refractivity contribution is 5.58. The Morgan fingerprint density at radius 3 is 2.52 bits per heavy atom. The number of aromatic nitrogens is 2. The summed E-state index contributed by atoms with van der Waals surface area (Å²) in [5.41, 5.74) is 2.42. The maximum absolute atomic E-state index is 8.80. The predicted octanol–water partition coefficient (Wildman–Crippen LogP) is 3.47. The Hall–Kier alpha value is -2.61. The Kier molecular flexibility index (Phi) is 4.72. The molecule has 0 atom stereocenters. The van der Waals surface area contributed by atoms with Crippen LogP contribution in [0.1, 0.15) is 25.1 Å². The predicted molar refractivity (Wildman–Crippen MR) is 84.5 cm³/mol. The van der Waals surface area contributed by atoms with E-state index in [4.69, 9.17) is 5.26 Å². The number of nitrogens with one attached hydrogen (secondary N) is 2. The van der Waals surface area contributed by atoms with Crippen LogP contribution in [0.3, 0.4) is 0 Å². The van der Waals surface area contributed by atoms with Crippen molar-refractivity contribution in [1.82, 2.24) is 9.97 Å². The number of benzene rings is 1. The van der Waals surface area contributed by atoms with E-state index in [1.54, 1.807) is 12.1 Å². The van der Waals surface area contributed by atoms with E-state index >= 15 is 0 Å². The van der Waals surface area contributed by atoms with Crippen molar-refractivity contribution in [3.05, 3.63) is 41.6 Å². The van der Waals surface area contributed by atoms with Gasteiger partial charge < -0.3 is 10.6 Å². The summed E-state index contributed by atoms with van der Waals surface area (Å²) in [5.74, 6) is 1.89. The van der Waals surface area contributed by atoms with Crippen LogP contribution in [0.4, 0.5) is 17.5 Å². The summed E-state index contributed by atoms with van der Waals surface area (Å²) in [6, 6.07) is 11.2.